The molecule has 0 spiro atoms. The second kappa shape index (κ2) is 6.65. The highest BCUT2D eigenvalue weighted by atomic mass is 35.5. The van der Waals surface area contributed by atoms with Crippen LogP contribution >= 0.6 is 11.6 Å². The van der Waals surface area contributed by atoms with E-state index >= 15 is 0 Å². The molecule has 2 aromatic rings. The van der Waals surface area contributed by atoms with E-state index in [0.717, 1.165) is 0 Å². The maximum Gasteiger partial charge on any atom is 0.263 e. The molecule has 2 aromatic heterocycles. The molecule has 0 aromatic carbocycles. The summed E-state index contributed by atoms with van der Waals surface area (Å²) in [5, 5.41) is -0.203. The summed E-state index contributed by atoms with van der Waals surface area (Å²) in [7, 11) is -5.98. The smallest absolute Gasteiger partial charge is 0.263 e. The van der Waals surface area contributed by atoms with Gasteiger partial charge < -0.3 is 4.57 Å². The molecule has 1 aliphatic heterocycles. The first-order valence-corrected chi connectivity index (χ1v) is 10.6. The molecular weight excluding hydrogens is 390 g/mol. The highest BCUT2D eigenvalue weighted by Gasteiger charge is 2.36. The molecule has 0 unspecified atom stereocenters. The molecule has 0 N–H and O–H groups in total. The third-order valence-corrected chi connectivity index (χ3v) is 8.16. The van der Waals surface area contributed by atoms with Crippen LogP contribution in [0.15, 0.2) is 40.8 Å². The molecule has 0 amide bonds. The number of pyridine rings is 1. The van der Waals surface area contributed by atoms with Gasteiger partial charge in [-0.15, -0.1) is 0 Å². The molecule has 0 aliphatic carbocycles. The van der Waals surface area contributed by atoms with Crippen molar-refractivity contribution in [1.82, 2.24) is 23.1 Å². The fourth-order valence-electron chi connectivity index (χ4n) is 2.49. The van der Waals surface area contributed by atoms with Gasteiger partial charge in [-0.3, -0.25) is 4.98 Å². The fourth-order valence-corrected chi connectivity index (χ4v) is 5.69. The standard InChI is InChI=1S/C13H16ClN5O4S2/c1-17-10-16-13(12(17)14)25(22,23)19-7-5-18(6-8-19)24(20,21)11-3-2-4-15-9-11/h2-4,9-10H,5-8H2,1H3. The molecule has 1 fully saturated rings. The minimum Gasteiger partial charge on any atom is -0.324 e. The molecule has 0 saturated carbocycles. The highest BCUT2D eigenvalue weighted by molar-refractivity contribution is 7.89. The number of halogens is 1. The van der Waals surface area contributed by atoms with Gasteiger partial charge >= 0.3 is 0 Å². The lowest BCUT2D eigenvalue weighted by Crippen LogP contribution is -2.50. The number of imidazole rings is 1. The van der Waals surface area contributed by atoms with Crippen molar-refractivity contribution < 1.29 is 16.8 Å². The highest BCUT2D eigenvalue weighted by Crippen LogP contribution is 2.24. The van der Waals surface area contributed by atoms with E-state index in [-0.39, 0.29) is 41.3 Å². The van der Waals surface area contributed by atoms with Gasteiger partial charge in [0.25, 0.3) is 10.0 Å². The molecule has 3 rings (SSSR count). The van der Waals surface area contributed by atoms with Gasteiger partial charge in [-0.2, -0.15) is 8.61 Å². The Kier molecular flexibility index (Phi) is 4.86. The van der Waals surface area contributed by atoms with Crippen LogP contribution in [0.25, 0.3) is 0 Å². The Balaban J connectivity index is 1.77. The summed E-state index contributed by atoms with van der Waals surface area (Å²) < 4.78 is 54.2. The SMILES string of the molecule is Cn1cnc(S(=O)(=O)N2CCN(S(=O)(=O)c3cccnc3)CC2)c1Cl. The molecule has 12 heteroatoms. The van der Waals surface area contributed by atoms with E-state index in [1.165, 1.54) is 44.0 Å². The zero-order valence-corrected chi connectivity index (χ0v) is 15.7. The summed E-state index contributed by atoms with van der Waals surface area (Å²) in [5.74, 6) is 0. The summed E-state index contributed by atoms with van der Waals surface area (Å²) in [6.45, 7) is 0.130. The van der Waals surface area contributed by atoms with Crippen LogP contribution in [-0.4, -0.2) is 66.2 Å². The van der Waals surface area contributed by atoms with Crippen LogP contribution in [0, 0.1) is 0 Å². The third-order valence-electron chi connectivity index (χ3n) is 3.89. The van der Waals surface area contributed by atoms with Crippen LogP contribution < -0.4 is 0 Å². The van der Waals surface area contributed by atoms with E-state index in [2.05, 4.69) is 9.97 Å². The van der Waals surface area contributed by atoms with E-state index in [1.807, 2.05) is 0 Å². The zero-order valence-electron chi connectivity index (χ0n) is 13.3. The molecular formula is C13H16ClN5O4S2. The lowest BCUT2D eigenvalue weighted by molar-refractivity contribution is 0.272. The molecule has 0 bridgehead atoms. The molecule has 9 nitrogen and oxygen atoms in total. The van der Waals surface area contributed by atoms with Crippen molar-refractivity contribution in [3.63, 3.8) is 0 Å². The van der Waals surface area contributed by atoms with Gasteiger partial charge in [0.05, 0.1) is 6.33 Å². The molecule has 0 atom stereocenters. The van der Waals surface area contributed by atoms with Gasteiger partial charge in [0.15, 0.2) is 0 Å². The van der Waals surface area contributed by atoms with Crippen LogP contribution in [0.4, 0.5) is 0 Å². The first-order valence-electron chi connectivity index (χ1n) is 7.32. The minimum atomic E-state index is -3.87. The van der Waals surface area contributed by atoms with Gasteiger partial charge in [-0.1, -0.05) is 11.6 Å². The maximum atomic E-state index is 12.6. The van der Waals surface area contributed by atoms with Gasteiger partial charge in [0.1, 0.15) is 10.0 Å². The average molecular weight is 406 g/mol. The summed E-state index contributed by atoms with van der Waals surface area (Å²) in [5.41, 5.74) is 0. The van der Waals surface area contributed by atoms with Crippen molar-refractivity contribution in [2.75, 3.05) is 26.2 Å². The van der Waals surface area contributed by atoms with Crippen LogP contribution in [-0.2, 0) is 27.1 Å². The first-order chi connectivity index (χ1) is 11.7. The van der Waals surface area contributed by atoms with Gasteiger partial charge in [0.2, 0.25) is 15.0 Å². The normalized spacial score (nSPS) is 17.7. The fraction of sp³-hybridized carbons (Fsp3) is 0.385. The lowest BCUT2D eigenvalue weighted by atomic mass is 10.4. The number of sulfonamides is 2. The van der Waals surface area contributed by atoms with Crippen molar-refractivity contribution in [2.24, 2.45) is 7.05 Å². The average Bonchev–Trinajstić information content (AvgIpc) is 2.95. The van der Waals surface area contributed by atoms with Crippen LogP contribution in [0.2, 0.25) is 5.15 Å². The minimum absolute atomic E-state index is 0.0189. The topological polar surface area (TPSA) is 105 Å². The predicted molar refractivity (Wildman–Crippen MR) is 90.0 cm³/mol. The molecule has 1 saturated heterocycles. The summed E-state index contributed by atoms with van der Waals surface area (Å²) in [6, 6.07) is 3.00. The van der Waals surface area contributed by atoms with Gasteiger partial charge in [-0.25, -0.2) is 21.8 Å². The third kappa shape index (κ3) is 3.29. The van der Waals surface area contributed by atoms with E-state index < -0.39 is 20.0 Å². The molecule has 0 radical (unpaired) electrons. The molecule has 25 heavy (non-hydrogen) atoms. The Hall–Kier alpha value is -1.53. The van der Waals surface area contributed by atoms with Gasteiger partial charge in [0, 0.05) is 45.6 Å². The molecule has 1 aliphatic rings. The number of rotatable bonds is 4. The number of hydrogen-bond acceptors (Lipinski definition) is 6. The molecule has 136 valence electrons. The number of nitrogens with zero attached hydrogens (tertiary/aromatic N) is 5. The second-order valence-electron chi connectivity index (χ2n) is 5.45. The Morgan fingerprint density at radius 1 is 1.04 bits per heavy atom. The quantitative estimate of drug-likeness (QED) is 0.717. The van der Waals surface area contributed by atoms with Crippen molar-refractivity contribution in [1.29, 1.82) is 0 Å². The number of aryl methyl sites for hydroxylation is 1. The molecule has 3 heterocycles. The number of hydrogen-bond donors (Lipinski definition) is 0. The summed E-state index contributed by atoms with van der Waals surface area (Å²) in [4.78, 5) is 7.74. The van der Waals surface area contributed by atoms with E-state index in [4.69, 9.17) is 11.6 Å². The summed E-state index contributed by atoms with van der Waals surface area (Å²) in [6.07, 6.45) is 4.07. The van der Waals surface area contributed by atoms with E-state index in [0.29, 0.717) is 0 Å². The first kappa shape index (κ1) is 18.3. The van der Waals surface area contributed by atoms with Crippen molar-refractivity contribution in [2.45, 2.75) is 9.92 Å². The Bertz CT molecular complexity index is 967. The van der Waals surface area contributed by atoms with E-state index in [9.17, 15) is 16.8 Å². The predicted octanol–water partition coefficient (Wildman–Crippen LogP) is 0.164. The second-order valence-corrected chi connectivity index (χ2v) is 9.60. The Morgan fingerprint density at radius 2 is 1.64 bits per heavy atom. The number of piperazine rings is 1. The van der Waals surface area contributed by atoms with Crippen molar-refractivity contribution >= 4 is 31.6 Å². The monoisotopic (exact) mass is 405 g/mol. The lowest BCUT2D eigenvalue weighted by Gasteiger charge is -2.32. The zero-order chi connectivity index (χ0) is 18.2. The Labute approximate surface area is 151 Å². The van der Waals surface area contributed by atoms with Crippen molar-refractivity contribution in [3.05, 3.63) is 36.0 Å². The van der Waals surface area contributed by atoms with Crippen LogP contribution in [0.3, 0.4) is 0 Å². The maximum absolute atomic E-state index is 12.6. The number of aromatic nitrogens is 3. The Morgan fingerprint density at radius 3 is 2.12 bits per heavy atom. The van der Waals surface area contributed by atoms with Crippen LogP contribution in [0.1, 0.15) is 0 Å². The van der Waals surface area contributed by atoms with E-state index in [1.54, 1.807) is 7.05 Å². The van der Waals surface area contributed by atoms with Crippen LogP contribution in [0.5, 0.6) is 0 Å². The largest absolute Gasteiger partial charge is 0.324 e. The van der Waals surface area contributed by atoms with Gasteiger partial charge in [-0.05, 0) is 12.1 Å². The summed E-state index contributed by atoms with van der Waals surface area (Å²) >= 11 is 5.98. The van der Waals surface area contributed by atoms with Crippen molar-refractivity contribution in [3.8, 4) is 0 Å².